The Labute approximate surface area is 187 Å². The lowest BCUT2D eigenvalue weighted by atomic mass is 10.1. The first-order chi connectivity index (χ1) is 14.4. The Hall–Kier alpha value is -2.74. The summed E-state index contributed by atoms with van der Waals surface area (Å²) in [7, 11) is 0. The number of carboxylic acids is 1. The van der Waals surface area contributed by atoms with Crippen LogP contribution in [0.2, 0.25) is 10.0 Å². The van der Waals surface area contributed by atoms with Gasteiger partial charge in [-0.3, -0.25) is 4.79 Å². The van der Waals surface area contributed by atoms with Crippen molar-refractivity contribution in [1.29, 1.82) is 0 Å². The van der Waals surface area contributed by atoms with Crippen LogP contribution in [0.3, 0.4) is 0 Å². The zero-order valence-electron chi connectivity index (χ0n) is 15.4. The fraction of sp³-hybridized carbons (Fsp3) is 0.0952. The molecule has 0 saturated carbocycles. The Balaban J connectivity index is 1.66. The fourth-order valence-corrected chi connectivity index (χ4v) is 3.67. The van der Waals surface area contributed by atoms with Crippen molar-refractivity contribution in [3.63, 3.8) is 0 Å². The molecular formula is C21H15Cl2N2O4S-. The molecule has 154 valence electrons. The minimum absolute atomic E-state index is 0.0706. The number of rotatable bonds is 8. The summed E-state index contributed by atoms with van der Waals surface area (Å²) in [5, 5.41) is 15.5. The Kier molecular flexibility index (Phi) is 7.57. The van der Waals surface area contributed by atoms with Gasteiger partial charge in [0.25, 0.3) is 5.91 Å². The summed E-state index contributed by atoms with van der Waals surface area (Å²) in [6, 6.07) is 14.3. The normalized spacial score (nSPS) is 10.5. The standard InChI is InChI=1S/C21H16Cl2N2O4S/c22-13-4-6-15(17(23)11-13)20(26)25-18-7-5-14(12-16(18)21(27)28)29-9-10-30-19-3-1-2-8-24-19/h1-8,11-12H,9-10H2,(H,25,26)(H,27,28)/p-1. The van der Waals surface area contributed by atoms with E-state index in [0.29, 0.717) is 23.1 Å². The van der Waals surface area contributed by atoms with Gasteiger partial charge in [0.05, 0.1) is 33.9 Å². The highest BCUT2D eigenvalue weighted by Crippen LogP contribution is 2.25. The molecule has 2 aromatic carbocycles. The number of carboxylic acid groups (broad SMARTS) is 1. The monoisotopic (exact) mass is 461 g/mol. The lowest BCUT2D eigenvalue weighted by Gasteiger charge is -2.15. The van der Waals surface area contributed by atoms with E-state index in [9.17, 15) is 14.7 Å². The van der Waals surface area contributed by atoms with Crippen LogP contribution in [0.4, 0.5) is 5.69 Å². The van der Waals surface area contributed by atoms with E-state index in [1.807, 2.05) is 18.2 Å². The van der Waals surface area contributed by atoms with Crippen LogP contribution in [-0.2, 0) is 0 Å². The van der Waals surface area contributed by atoms with Crippen molar-refractivity contribution in [2.75, 3.05) is 17.7 Å². The van der Waals surface area contributed by atoms with Gasteiger partial charge in [-0.05, 0) is 48.5 Å². The molecule has 0 saturated heterocycles. The first-order valence-corrected chi connectivity index (χ1v) is 10.5. The average Bonchev–Trinajstić information content (AvgIpc) is 2.72. The van der Waals surface area contributed by atoms with E-state index in [1.165, 1.54) is 42.1 Å². The fourth-order valence-electron chi connectivity index (χ4n) is 2.49. The van der Waals surface area contributed by atoms with Gasteiger partial charge in [0.2, 0.25) is 0 Å². The smallest absolute Gasteiger partial charge is 0.257 e. The van der Waals surface area contributed by atoms with Crippen LogP contribution in [0.15, 0.2) is 65.8 Å². The topological polar surface area (TPSA) is 91.3 Å². The molecule has 6 nitrogen and oxygen atoms in total. The zero-order chi connectivity index (χ0) is 21.5. The average molecular weight is 462 g/mol. The number of amides is 1. The Morgan fingerprint density at radius 3 is 2.60 bits per heavy atom. The number of anilines is 1. The van der Waals surface area contributed by atoms with E-state index < -0.39 is 11.9 Å². The van der Waals surface area contributed by atoms with Crippen LogP contribution < -0.4 is 15.2 Å². The van der Waals surface area contributed by atoms with Crippen LogP contribution in [0.1, 0.15) is 20.7 Å². The highest BCUT2D eigenvalue weighted by Gasteiger charge is 2.14. The predicted octanol–water partition coefficient (Wildman–Crippen LogP) is 4.18. The van der Waals surface area contributed by atoms with E-state index in [0.717, 1.165) is 5.03 Å². The maximum absolute atomic E-state index is 12.5. The molecule has 0 unspecified atom stereocenters. The van der Waals surface area contributed by atoms with Gasteiger partial charge in [-0.1, -0.05) is 29.3 Å². The van der Waals surface area contributed by atoms with Crippen LogP contribution in [0, 0.1) is 0 Å². The minimum atomic E-state index is -1.44. The maximum atomic E-state index is 12.5. The molecule has 0 fully saturated rings. The Morgan fingerprint density at radius 1 is 1.07 bits per heavy atom. The number of benzene rings is 2. The number of hydrogen-bond acceptors (Lipinski definition) is 6. The summed E-state index contributed by atoms with van der Waals surface area (Å²) < 4.78 is 5.61. The first kappa shape index (κ1) is 22.0. The summed E-state index contributed by atoms with van der Waals surface area (Å²) in [4.78, 5) is 28.2. The third kappa shape index (κ3) is 5.89. The number of halogens is 2. The van der Waals surface area contributed by atoms with Crippen molar-refractivity contribution in [2.24, 2.45) is 0 Å². The number of thioether (sulfide) groups is 1. The number of aromatic carboxylic acids is 1. The molecule has 1 amide bonds. The Morgan fingerprint density at radius 2 is 1.90 bits per heavy atom. The number of carbonyl (C=O) groups is 2. The summed E-state index contributed by atoms with van der Waals surface area (Å²) in [5.41, 5.74) is 0.0294. The van der Waals surface area contributed by atoms with Crippen molar-refractivity contribution in [3.05, 3.63) is 82.0 Å². The van der Waals surface area contributed by atoms with E-state index in [2.05, 4.69) is 10.3 Å². The van der Waals surface area contributed by atoms with Gasteiger partial charge in [0.15, 0.2) is 0 Å². The predicted molar refractivity (Wildman–Crippen MR) is 116 cm³/mol. The molecule has 0 spiro atoms. The molecule has 0 aliphatic rings. The second-order valence-corrected chi connectivity index (χ2v) is 7.90. The molecule has 1 aromatic heterocycles. The van der Waals surface area contributed by atoms with Crippen LogP contribution in [-0.4, -0.2) is 29.2 Å². The molecule has 0 bridgehead atoms. The largest absolute Gasteiger partial charge is 0.545 e. The second kappa shape index (κ2) is 10.3. The SMILES string of the molecule is O=C(Nc1ccc(OCCSc2ccccn2)cc1C(=O)[O-])c1ccc(Cl)cc1Cl. The van der Waals surface area contributed by atoms with Gasteiger partial charge in [-0.25, -0.2) is 4.98 Å². The number of nitrogens with one attached hydrogen (secondary N) is 1. The van der Waals surface area contributed by atoms with Gasteiger partial charge in [-0.2, -0.15) is 0 Å². The number of pyridine rings is 1. The first-order valence-electron chi connectivity index (χ1n) is 8.72. The molecule has 3 aromatic rings. The van der Waals surface area contributed by atoms with Gasteiger partial charge in [0, 0.05) is 22.5 Å². The van der Waals surface area contributed by atoms with Crippen LogP contribution in [0.5, 0.6) is 5.75 Å². The Bertz CT molecular complexity index is 1060. The van der Waals surface area contributed by atoms with Crippen molar-refractivity contribution in [3.8, 4) is 5.75 Å². The number of nitrogens with zero attached hydrogens (tertiary/aromatic N) is 1. The lowest BCUT2D eigenvalue weighted by Crippen LogP contribution is -2.25. The lowest BCUT2D eigenvalue weighted by molar-refractivity contribution is -0.254. The van der Waals surface area contributed by atoms with Crippen molar-refractivity contribution in [2.45, 2.75) is 5.03 Å². The number of carbonyl (C=O) groups excluding carboxylic acids is 2. The van der Waals surface area contributed by atoms with Crippen molar-refractivity contribution < 1.29 is 19.4 Å². The molecule has 3 rings (SSSR count). The van der Waals surface area contributed by atoms with E-state index in [-0.39, 0.29) is 21.8 Å². The number of hydrogen-bond donors (Lipinski definition) is 1. The molecule has 0 atom stereocenters. The minimum Gasteiger partial charge on any atom is -0.545 e. The maximum Gasteiger partial charge on any atom is 0.257 e. The van der Waals surface area contributed by atoms with Crippen molar-refractivity contribution >= 4 is 52.5 Å². The second-order valence-electron chi connectivity index (χ2n) is 5.94. The van der Waals surface area contributed by atoms with Crippen molar-refractivity contribution in [1.82, 2.24) is 4.98 Å². The quantitative estimate of drug-likeness (QED) is 0.399. The van der Waals surface area contributed by atoms with Gasteiger partial charge in [-0.15, -0.1) is 11.8 Å². The molecule has 1 heterocycles. The summed E-state index contributed by atoms with van der Waals surface area (Å²) in [6.45, 7) is 0.347. The third-order valence-corrected chi connectivity index (χ3v) is 5.33. The molecule has 9 heteroatoms. The molecule has 30 heavy (non-hydrogen) atoms. The zero-order valence-corrected chi connectivity index (χ0v) is 17.8. The van der Waals surface area contributed by atoms with Crippen LogP contribution >= 0.6 is 35.0 Å². The molecule has 1 N–H and O–H groups in total. The molecule has 0 aliphatic heterocycles. The summed E-state index contributed by atoms with van der Waals surface area (Å²) in [6.07, 6.45) is 1.71. The van der Waals surface area contributed by atoms with E-state index in [1.54, 1.807) is 12.3 Å². The number of aromatic nitrogens is 1. The summed E-state index contributed by atoms with van der Waals surface area (Å²) in [5.74, 6) is -1.04. The molecule has 0 aliphatic carbocycles. The highest BCUT2D eigenvalue weighted by atomic mass is 35.5. The third-order valence-electron chi connectivity index (χ3n) is 3.87. The van der Waals surface area contributed by atoms with Gasteiger partial charge >= 0.3 is 0 Å². The highest BCUT2D eigenvalue weighted by molar-refractivity contribution is 7.99. The van der Waals surface area contributed by atoms with Gasteiger partial charge in [0.1, 0.15) is 5.75 Å². The molecular weight excluding hydrogens is 447 g/mol. The van der Waals surface area contributed by atoms with Crippen LogP contribution in [0.25, 0.3) is 0 Å². The van der Waals surface area contributed by atoms with E-state index in [4.69, 9.17) is 27.9 Å². The van der Waals surface area contributed by atoms with E-state index >= 15 is 0 Å². The molecule has 0 radical (unpaired) electrons. The summed E-state index contributed by atoms with van der Waals surface area (Å²) >= 11 is 13.4. The number of ether oxygens (including phenoxy) is 1. The van der Waals surface area contributed by atoms with Gasteiger partial charge < -0.3 is 20.0 Å².